The highest BCUT2D eigenvalue weighted by Gasteiger charge is 2.14. The first kappa shape index (κ1) is 35.1. The topological polar surface area (TPSA) is 82.5 Å². The first-order valence-corrected chi connectivity index (χ1v) is 16.9. The van der Waals surface area contributed by atoms with Gasteiger partial charge in [0.25, 0.3) is 0 Å². The number of aromatic nitrogens is 4. The fourth-order valence-corrected chi connectivity index (χ4v) is 5.75. The van der Waals surface area contributed by atoms with Crippen molar-refractivity contribution in [3.63, 3.8) is 0 Å². The number of carbonyl (C=O) groups excluding carboxylic acids is 1. The van der Waals surface area contributed by atoms with Crippen LogP contribution in [0.3, 0.4) is 0 Å². The molecule has 0 atom stereocenters. The predicted octanol–water partition coefficient (Wildman–Crippen LogP) is 6.18. The summed E-state index contributed by atoms with van der Waals surface area (Å²) in [5.74, 6) is 1.82. The van der Waals surface area contributed by atoms with E-state index in [-0.39, 0.29) is 5.97 Å². The van der Waals surface area contributed by atoms with E-state index >= 15 is 0 Å². The van der Waals surface area contributed by atoms with Gasteiger partial charge in [-0.1, -0.05) is 68.4 Å². The molecule has 0 bridgehead atoms. The third kappa shape index (κ3) is 12.5. The van der Waals surface area contributed by atoms with Crippen LogP contribution in [0.2, 0.25) is 0 Å². The number of benzene rings is 2. The maximum absolute atomic E-state index is 12.7. The van der Waals surface area contributed by atoms with Crippen molar-refractivity contribution >= 4 is 5.97 Å². The largest absolute Gasteiger partial charge is 0.461 e. The van der Waals surface area contributed by atoms with E-state index in [0.29, 0.717) is 26.1 Å². The maximum Gasteiger partial charge on any atom is 0.307 e. The smallest absolute Gasteiger partial charge is 0.307 e. The van der Waals surface area contributed by atoms with Crippen LogP contribution in [0.1, 0.15) is 74.3 Å². The predicted molar refractivity (Wildman–Crippen MR) is 184 cm³/mol. The average molecular weight is 628 g/mol. The lowest BCUT2D eigenvalue weighted by Gasteiger charge is -2.24. The Morgan fingerprint density at radius 3 is 2.02 bits per heavy atom. The second-order valence-electron chi connectivity index (χ2n) is 12.2. The average Bonchev–Trinajstić information content (AvgIpc) is 3.73. The summed E-state index contributed by atoms with van der Waals surface area (Å²) in [5, 5.41) is 0. The highest BCUT2D eigenvalue weighted by molar-refractivity contribution is 5.69. The third-order valence-electron chi connectivity index (χ3n) is 8.20. The van der Waals surface area contributed by atoms with E-state index in [4.69, 9.17) is 4.74 Å². The summed E-state index contributed by atoms with van der Waals surface area (Å²) in [5.41, 5.74) is 3.51. The van der Waals surface area contributed by atoms with Crippen molar-refractivity contribution < 1.29 is 9.53 Å². The Balaban J connectivity index is 1.34. The summed E-state index contributed by atoms with van der Waals surface area (Å²) in [6.07, 6.45) is 12.5. The number of carbonyl (C=O) groups is 1. The molecule has 9 nitrogen and oxygen atoms in total. The Bertz CT molecular complexity index is 1370. The van der Waals surface area contributed by atoms with Gasteiger partial charge in [0.05, 0.1) is 19.5 Å². The van der Waals surface area contributed by atoms with Crippen LogP contribution >= 0.6 is 0 Å². The van der Waals surface area contributed by atoms with E-state index in [2.05, 4.69) is 72.3 Å². The molecule has 46 heavy (non-hydrogen) atoms. The van der Waals surface area contributed by atoms with Crippen LogP contribution in [0.15, 0.2) is 79.4 Å². The van der Waals surface area contributed by atoms with Gasteiger partial charge in [-0.2, -0.15) is 0 Å². The van der Waals surface area contributed by atoms with E-state index in [1.165, 1.54) is 24.0 Å². The van der Waals surface area contributed by atoms with Gasteiger partial charge in [-0.3, -0.25) is 14.6 Å². The molecule has 2 aromatic heterocycles. The fraction of sp³-hybridized carbons (Fsp3) is 0.486. The van der Waals surface area contributed by atoms with Crippen molar-refractivity contribution in [1.29, 1.82) is 0 Å². The fourth-order valence-electron chi connectivity index (χ4n) is 5.75. The third-order valence-corrected chi connectivity index (χ3v) is 8.20. The Labute approximate surface area is 275 Å². The summed E-state index contributed by atoms with van der Waals surface area (Å²) in [7, 11) is 2.03. The number of hydrogen-bond donors (Lipinski definition) is 1. The molecule has 0 aliphatic rings. The van der Waals surface area contributed by atoms with Gasteiger partial charge in [-0.25, -0.2) is 9.97 Å². The van der Waals surface area contributed by atoms with E-state index in [1.54, 1.807) is 6.20 Å². The second kappa shape index (κ2) is 19.7. The molecule has 248 valence electrons. The minimum absolute atomic E-state index is 0.148. The number of rotatable bonds is 22. The molecule has 2 aromatic carbocycles. The quantitative estimate of drug-likeness (QED) is 0.0823. The molecule has 9 heteroatoms. The second-order valence-corrected chi connectivity index (χ2v) is 12.2. The molecular formula is C37H53N7O2. The van der Waals surface area contributed by atoms with E-state index < -0.39 is 0 Å². The van der Waals surface area contributed by atoms with Crippen molar-refractivity contribution in [2.24, 2.45) is 7.05 Å². The summed E-state index contributed by atoms with van der Waals surface area (Å²) >= 11 is 0. The first-order chi connectivity index (χ1) is 22.5. The van der Waals surface area contributed by atoms with E-state index in [0.717, 1.165) is 75.9 Å². The van der Waals surface area contributed by atoms with Crippen molar-refractivity contribution in [2.75, 3.05) is 32.7 Å². The highest BCUT2D eigenvalue weighted by Crippen LogP contribution is 2.15. The van der Waals surface area contributed by atoms with Crippen molar-refractivity contribution in [3.8, 4) is 0 Å². The van der Waals surface area contributed by atoms with Gasteiger partial charge in [0.2, 0.25) is 0 Å². The van der Waals surface area contributed by atoms with Crippen LogP contribution in [-0.4, -0.2) is 72.9 Å². The molecule has 0 saturated heterocycles. The standard InChI is InChI=1S/C37H53N7O2/c1-4-21-42(22-5-2)23-9-10-24-43(25-17-37(45)46-31-34-11-7-6-8-12-34)27-32-13-15-33(16-14-32)28-44(29-35-38-18-19-39-35)30-36-40-20-26-41(36)3/h6-8,11-16,18-20,26H,4-5,9-10,17,21-25,27-31H2,1-3H3,(H,38,39). The van der Waals surface area contributed by atoms with E-state index in [1.807, 2.05) is 56.0 Å². The minimum Gasteiger partial charge on any atom is -0.461 e. The van der Waals surface area contributed by atoms with Crippen molar-refractivity contribution in [3.05, 3.63) is 108 Å². The van der Waals surface area contributed by atoms with Gasteiger partial charge >= 0.3 is 5.97 Å². The molecule has 0 amide bonds. The Morgan fingerprint density at radius 1 is 0.739 bits per heavy atom. The zero-order valence-corrected chi connectivity index (χ0v) is 28.1. The van der Waals surface area contributed by atoms with Crippen LogP contribution in [0.5, 0.6) is 0 Å². The lowest BCUT2D eigenvalue weighted by molar-refractivity contribution is -0.145. The zero-order valence-electron chi connectivity index (χ0n) is 28.1. The normalized spacial score (nSPS) is 11.6. The molecule has 0 unspecified atom stereocenters. The van der Waals surface area contributed by atoms with Crippen molar-refractivity contribution in [1.82, 2.24) is 34.2 Å². The Morgan fingerprint density at radius 2 is 1.41 bits per heavy atom. The molecule has 0 radical (unpaired) electrons. The lowest BCUT2D eigenvalue weighted by atomic mass is 10.1. The number of ether oxygens (including phenoxy) is 1. The van der Waals surface area contributed by atoms with Crippen LogP contribution in [0.4, 0.5) is 0 Å². The van der Waals surface area contributed by atoms with E-state index in [9.17, 15) is 4.79 Å². The number of unbranched alkanes of at least 4 members (excludes halogenated alkanes) is 1. The summed E-state index contributed by atoms with van der Waals surface area (Å²) in [6, 6.07) is 18.8. The highest BCUT2D eigenvalue weighted by atomic mass is 16.5. The minimum atomic E-state index is -0.148. The maximum atomic E-state index is 12.7. The van der Waals surface area contributed by atoms with Crippen LogP contribution in [0, 0.1) is 0 Å². The van der Waals surface area contributed by atoms with Gasteiger partial charge in [0.1, 0.15) is 18.3 Å². The van der Waals surface area contributed by atoms with Gasteiger partial charge in [0, 0.05) is 51.5 Å². The molecule has 2 heterocycles. The monoisotopic (exact) mass is 627 g/mol. The molecule has 0 aliphatic carbocycles. The van der Waals surface area contributed by atoms with Crippen molar-refractivity contribution in [2.45, 2.75) is 78.7 Å². The molecule has 4 aromatic rings. The zero-order chi connectivity index (χ0) is 32.4. The number of esters is 1. The molecular weight excluding hydrogens is 574 g/mol. The Hall–Kier alpha value is -3.79. The number of hydrogen-bond acceptors (Lipinski definition) is 7. The number of aryl methyl sites for hydroxylation is 1. The number of imidazole rings is 2. The number of nitrogens with one attached hydrogen (secondary N) is 1. The lowest BCUT2D eigenvalue weighted by Crippen LogP contribution is -2.30. The summed E-state index contributed by atoms with van der Waals surface area (Å²) in [6.45, 7) is 13.0. The molecule has 4 rings (SSSR count). The summed E-state index contributed by atoms with van der Waals surface area (Å²) in [4.78, 5) is 32.2. The van der Waals surface area contributed by atoms with Crippen LogP contribution < -0.4 is 0 Å². The Kier molecular flexibility index (Phi) is 15.0. The van der Waals surface area contributed by atoms with Gasteiger partial charge in [0.15, 0.2) is 0 Å². The van der Waals surface area contributed by atoms with Gasteiger partial charge < -0.3 is 19.2 Å². The molecule has 1 N–H and O–H groups in total. The number of H-pyrrole nitrogens is 1. The van der Waals surface area contributed by atoms with Gasteiger partial charge in [-0.05, 0) is 68.6 Å². The summed E-state index contributed by atoms with van der Waals surface area (Å²) < 4.78 is 7.65. The molecule has 0 aliphatic heterocycles. The van der Waals surface area contributed by atoms with Crippen LogP contribution in [0.25, 0.3) is 0 Å². The van der Waals surface area contributed by atoms with Gasteiger partial charge in [-0.15, -0.1) is 0 Å². The number of nitrogens with zero attached hydrogens (tertiary/aromatic N) is 6. The molecule has 0 spiro atoms. The molecule has 0 saturated carbocycles. The SMILES string of the molecule is CCCN(CCC)CCCCN(CCC(=O)OCc1ccccc1)Cc1ccc(CN(Cc2ncc[nH]2)Cc2nccn2C)cc1. The first-order valence-electron chi connectivity index (χ1n) is 16.9. The number of aromatic amines is 1. The molecule has 0 fully saturated rings. The van der Waals surface area contributed by atoms with Crippen LogP contribution in [-0.2, 0) is 49.4 Å².